The maximum absolute atomic E-state index is 12.8. The summed E-state index contributed by atoms with van der Waals surface area (Å²) in [4.78, 5) is 28.7. The Kier molecular flexibility index (Phi) is 5.51. The van der Waals surface area contributed by atoms with E-state index in [4.69, 9.17) is 4.74 Å². The minimum atomic E-state index is -0.220. The Morgan fingerprint density at radius 3 is 2.79 bits per heavy atom. The van der Waals surface area contributed by atoms with Crippen LogP contribution in [0.15, 0.2) is 30.3 Å². The minimum Gasteiger partial charge on any atom is -0.376 e. The first-order valence-corrected chi connectivity index (χ1v) is 8.89. The minimum absolute atomic E-state index is 0.0830. The van der Waals surface area contributed by atoms with Crippen LogP contribution in [-0.2, 0) is 20.9 Å². The molecule has 0 spiro atoms. The highest BCUT2D eigenvalue weighted by atomic mass is 16.5. The molecule has 5 heteroatoms. The lowest BCUT2D eigenvalue weighted by atomic mass is 10.1. The number of carbonyl (C=O) groups is 2. The third kappa shape index (κ3) is 3.96. The van der Waals surface area contributed by atoms with Crippen molar-refractivity contribution >= 4 is 11.8 Å². The number of rotatable bonds is 6. The molecule has 0 N–H and O–H groups in total. The molecule has 2 amide bonds. The first-order chi connectivity index (χ1) is 11.7. The molecule has 0 bridgehead atoms. The van der Waals surface area contributed by atoms with Crippen LogP contribution >= 0.6 is 0 Å². The fourth-order valence-electron chi connectivity index (χ4n) is 3.56. The van der Waals surface area contributed by atoms with Crippen molar-refractivity contribution in [2.75, 3.05) is 26.2 Å². The van der Waals surface area contributed by atoms with Crippen molar-refractivity contribution in [3.63, 3.8) is 0 Å². The van der Waals surface area contributed by atoms with Crippen LogP contribution in [0, 0.1) is 5.92 Å². The van der Waals surface area contributed by atoms with Crippen molar-refractivity contribution in [1.82, 2.24) is 9.80 Å². The van der Waals surface area contributed by atoms with Gasteiger partial charge in [0.15, 0.2) is 0 Å². The SMILES string of the molecule is CCN(Cc1ccccc1)C(=O)C1CC(=O)N(CC2CCCO2)C1. The Morgan fingerprint density at radius 1 is 1.33 bits per heavy atom. The van der Waals surface area contributed by atoms with Gasteiger partial charge < -0.3 is 14.5 Å². The van der Waals surface area contributed by atoms with Gasteiger partial charge in [-0.25, -0.2) is 0 Å². The van der Waals surface area contributed by atoms with Gasteiger partial charge in [-0.15, -0.1) is 0 Å². The first kappa shape index (κ1) is 17.0. The summed E-state index contributed by atoms with van der Waals surface area (Å²) in [5, 5.41) is 0. The molecule has 3 rings (SSSR count). The van der Waals surface area contributed by atoms with Crippen molar-refractivity contribution in [3.05, 3.63) is 35.9 Å². The predicted molar refractivity (Wildman–Crippen MR) is 91.2 cm³/mol. The summed E-state index contributed by atoms with van der Waals surface area (Å²) in [7, 11) is 0. The molecular weight excluding hydrogens is 304 g/mol. The second kappa shape index (κ2) is 7.79. The first-order valence-electron chi connectivity index (χ1n) is 8.89. The van der Waals surface area contributed by atoms with Crippen molar-refractivity contribution < 1.29 is 14.3 Å². The average Bonchev–Trinajstić information content (AvgIpc) is 3.24. The van der Waals surface area contributed by atoms with Crippen LogP contribution in [0.25, 0.3) is 0 Å². The van der Waals surface area contributed by atoms with E-state index >= 15 is 0 Å². The molecule has 2 unspecified atom stereocenters. The molecule has 0 radical (unpaired) electrons. The van der Waals surface area contributed by atoms with E-state index in [-0.39, 0.29) is 23.8 Å². The number of ether oxygens (including phenoxy) is 1. The molecule has 5 nitrogen and oxygen atoms in total. The molecule has 2 saturated heterocycles. The number of nitrogens with zero attached hydrogens (tertiary/aromatic N) is 2. The fourth-order valence-corrected chi connectivity index (χ4v) is 3.56. The van der Waals surface area contributed by atoms with Gasteiger partial charge in [-0.3, -0.25) is 9.59 Å². The Balaban J connectivity index is 1.58. The van der Waals surface area contributed by atoms with Crippen LogP contribution in [0.3, 0.4) is 0 Å². The molecule has 1 aromatic carbocycles. The van der Waals surface area contributed by atoms with Crippen LogP contribution in [0.5, 0.6) is 0 Å². The molecule has 2 aliphatic rings. The van der Waals surface area contributed by atoms with Crippen LogP contribution in [0.2, 0.25) is 0 Å². The average molecular weight is 330 g/mol. The zero-order chi connectivity index (χ0) is 16.9. The quantitative estimate of drug-likeness (QED) is 0.802. The topological polar surface area (TPSA) is 49.9 Å². The summed E-state index contributed by atoms with van der Waals surface area (Å²) in [6, 6.07) is 9.99. The Morgan fingerprint density at radius 2 is 2.12 bits per heavy atom. The van der Waals surface area contributed by atoms with Crippen LogP contribution in [-0.4, -0.2) is 54.0 Å². The van der Waals surface area contributed by atoms with E-state index < -0.39 is 0 Å². The van der Waals surface area contributed by atoms with Crippen LogP contribution < -0.4 is 0 Å². The maximum atomic E-state index is 12.8. The van der Waals surface area contributed by atoms with Gasteiger partial charge in [0, 0.05) is 39.2 Å². The largest absolute Gasteiger partial charge is 0.376 e. The number of hydrogen-bond donors (Lipinski definition) is 0. The zero-order valence-corrected chi connectivity index (χ0v) is 14.3. The molecule has 24 heavy (non-hydrogen) atoms. The molecule has 0 aliphatic carbocycles. The van der Waals surface area contributed by atoms with Gasteiger partial charge in [0.1, 0.15) is 0 Å². The van der Waals surface area contributed by atoms with E-state index in [0.717, 1.165) is 25.0 Å². The van der Waals surface area contributed by atoms with Gasteiger partial charge in [0.2, 0.25) is 11.8 Å². The fraction of sp³-hybridized carbons (Fsp3) is 0.579. The molecule has 130 valence electrons. The Bertz CT molecular complexity index is 569. The highest BCUT2D eigenvalue weighted by Gasteiger charge is 2.37. The highest BCUT2D eigenvalue weighted by Crippen LogP contribution is 2.23. The summed E-state index contributed by atoms with van der Waals surface area (Å²) in [5.41, 5.74) is 1.12. The molecule has 0 aromatic heterocycles. The maximum Gasteiger partial charge on any atom is 0.228 e. The number of benzene rings is 1. The second-order valence-electron chi connectivity index (χ2n) is 6.67. The lowest BCUT2D eigenvalue weighted by molar-refractivity contribution is -0.136. The van der Waals surface area contributed by atoms with Crippen molar-refractivity contribution in [2.45, 2.75) is 38.8 Å². The molecule has 2 fully saturated rings. The number of carbonyl (C=O) groups excluding carboxylic acids is 2. The van der Waals surface area contributed by atoms with E-state index in [1.165, 1.54) is 0 Å². The zero-order valence-electron chi connectivity index (χ0n) is 14.3. The molecule has 1 aromatic rings. The predicted octanol–water partition coefficient (Wildman–Crippen LogP) is 2.06. The van der Waals surface area contributed by atoms with E-state index in [9.17, 15) is 9.59 Å². The van der Waals surface area contributed by atoms with E-state index in [1.807, 2.05) is 47.1 Å². The van der Waals surface area contributed by atoms with Gasteiger partial charge in [-0.1, -0.05) is 30.3 Å². The molecule has 0 saturated carbocycles. The number of likely N-dealkylation sites (tertiary alicyclic amines) is 1. The third-order valence-corrected chi connectivity index (χ3v) is 4.92. The van der Waals surface area contributed by atoms with E-state index in [1.54, 1.807) is 0 Å². The van der Waals surface area contributed by atoms with E-state index in [0.29, 0.717) is 32.6 Å². The lowest BCUT2D eigenvalue weighted by Crippen LogP contribution is -2.38. The van der Waals surface area contributed by atoms with Crippen molar-refractivity contribution in [1.29, 1.82) is 0 Å². The summed E-state index contributed by atoms with van der Waals surface area (Å²) in [6.07, 6.45) is 2.55. The molecule has 2 aliphatic heterocycles. The normalized spacial score (nSPS) is 23.7. The smallest absolute Gasteiger partial charge is 0.228 e. The van der Waals surface area contributed by atoms with Crippen LogP contribution in [0.4, 0.5) is 0 Å². The Hall–Kier alpha value is -1.88. The Labute approximate surface area is 143 Å². The van der Waals surface area contributed by atoms with Crippen molar-refractivity contribution in [3.8, 4) is 0 Å². The third-order valence-electron chi connectivity index (χ3n) is 4.92. The molecule has 2 heterocycles. The summed E-state index contributed by atoms with van der Waals surface area (Å²) in [5.74, 6) is -0.0493. The van der Waals surface area contributed by atoms with Crippen molar-refractivity contribution in [2.24, 2.45) is 5.92 Å². The molecular formula is C19H26N2O3. The summed E-state index contributed by atoms with van der Waals surface area (Å²) >= 11 is 0. The van der Waals surface area contributed by atoms with Crippen LogP contribution in [0.1, 0.15) is 31.7 Å². The number of hydrogen-bond acceptors (Lipinski definition) is 3. The monoisotopic (exact) mass is 330 g/mol. The van der Waals surface area contributed by atoms with Gasteiger partial charge in [-0.05, 0) is 25.3 Å². The highest BCUT2D eigenvalue weighted by molar-refractivity contribution is 5.89. The summed E-state index contributed by atoms with van der Waals surface area (Å²) < 4.78 is 5.62. The van der Waals surface area contributed by atoms with Gasteiger partial charge >= 0.3 is 0 Å². The van der Waals surface area contributed by atoms with Gasteiger partial charge in [-0.2, -0.15) is 0 Å². The van der Waals surface area contributed by atoms with Gasteiger partial charge in [0.05, 0.1) is 12.0 Å². The van der Waals surface area contributed by atoms with E-state index in [2.05, 4.69) is 0 Å². The lowest BCUT2D eigenvalue weighted by Gasteiger charge is -2.25. The van der Waals surface area contributed by atoms with Gasteiger partial charge in [0.25, 0.3) is 0 Å². The standard InChI is InChI=1S/C19H26N2O3/c1-2-20(12-15-7-4-3-5-8-15)19(23)16-11-18(22)21(13-16)14-17-9-6-10-24-17/h3-5,7-8,16-17H,2,6,9-14H2,1H3. The number of amides is 2. The second-order valence-corrected chi connectivity index (χ2v) is 6.67. The summed E-state index contributed by atoms with van der Waals surface area (Å²) in [6.45, 7) is 5.20. The molecule has 2 atom stereocenters.